The van der Waals surface area contributed by atoms with Gasteiger partial charge >= 0.3 is 0 Å². The molecular formula is C44H44N2. The summed E-state index contributed by atoms with van der Waals surface area (Å²) >= 11 is 0. The highest BCUT2D eigenvalue weighted by Crippen LogP contribution is 2.53. The number of rotatable bonds is 6. The van der Waals surface area contributed by atoms with Gasteiger partial charge in [0.25, 0.3) is 0 Å². The number of allylic oxidation sites excluding steroid dienone is 5. The van der Waals surface area contributed by atoms with Crippen molar-refractivity contribution in [2.75, 3.05) is 9.80 Å². The van der Waals surface area contributed by atoms with Crippen molar-refractivity contribution in [3.05, 3.63) is 154 Å². The maximum Gasteiger partial charge on any atom is 0.0613 e. The number of fused-ring (bicyclic) bond motifs is 2. The van der Waals surface area contributed by atoms with E-state index >= 15 is 0 Å². The molecule has 5 aromatic rings. The topological polar surface area (TPSA) is 6.48 Å². The molecule has 0 fully saturated rings. The van der Waals surface area contributed by atoms with Gasteiger partial charge in [0.05, 0.1) is 11.4 Å². The Morgan fingerprint density at radius 3 is 1.57 bits per heavy atom. The normalized spacial score (nSPS) is 17.3. The summed E-state index contributed by atoms with van der Waals surface area (Å²) in [6, 6.07) is 36.2. The number of benzene rings is 5. The zero-order valence-electron chi connectivity index (χ0n) is 28.0. The number of anilines is 5. The molecule has 0 bridgehead atoms. The van der Waals surface area contributed by atoms with Gasteiger partial charge < -0.3 is 9.80 Å². The first-order chi connectivity index (χ1) is 22.3. The smallest absolute Gasteiger partial charge is 0.0613 e. The molecule has 2 heteroatoms. The second kappa shape index (κ2) is 12.2. The fraction of sp³-hybridized carbons (Fsp3) is 0.227. The van der Waals surface area contributed by atoms with Crippen LogP contribution in [0.25, 0.3) is 16.8 Å². The first-order valence-electron chi connectivity index (χ1n) is 16.7. The molecule has 2 atom stereocenters. The highest BCUT2D eigenvalue weighted by atomic mass is 15.2. The van der Waals surface area contributed by atoms with Gasteiger partial charge in [0.15, 0.2) is 0 Å². The molecule has 0 saturated heterocycles. The van der Waals surface area contributed by atoms with Gasteiger partial charge in [0, 0.05) is 45.0 Å². The van der Waals surface area contributed by atoms with E-state index in [1.807, 2.05) is 0 Å². The summed E-state index contributed by atoms with van der Waals surface area (Å²) in [5, 5.41) is 2.53. The van der Waals surface area contributed by atoms with Gasteiger partial charge in [0.2, 0.25) is 0 Å². The van der Waals surface area contributed by atoms with Crippen molar-refractivity contribution in [2.45, 2.75) is 60.3 Å². The van der Waals surface area contributed by atoms with Crippen molar-refractivity contribution in [1.82, 2.24) is 0 Å². The summed E-state index contributed by atoms with van der Waals surface area (Å²) in [5.74, 6) is 0.735. The molecule has 0 aromatic heterocycles. The monoisotopic (exact) mass is 600 g/mol. The van der Waals surface area contributed by atoms with Gasteiger partial charge in [-0.3, -0.25) is 0 Å². The standard InChI is InChI=1S/C44H44N2/c1-29-14-21-35(22-15-29)45(36-23-16-30(2)17-24-36)44-39-12-8-7-11-38(39)43(40-13-9-10-33(5)42(40)44)46(37-25-18-31(3)19-26-37)41-27-20-32(4)28-34(41)6/h7-9,11-27,33-34H,10,28H2,1-6H3. The molecule has 0 amide bonds. The lowest BCUT2D eigenvalue weighted by atomic mass is 9.81. The van der Waals surface area contributed by atoms with E-state index in [4.69, 9.17) is 0 Å². The number of nitrogens with zero attached hydrogens (tertiary/aromatic N) is 2. The van der Waals surface area contributed by atoms with Crippen molar-refractivity contribution in [1.29, 1.82) is 0 Å². The lowest BCUT2D eigenvalue weighted by Crippen LogP contribution is -2.25. The Hall–Kier alpha value is -4.82. The van der Waals surface area contributed by atoms with Crippen LogP contribution in [0.2, 0.25) is 0 Å². The highest BCUT2D eigenvalue weighted by Gasteiger charge is 2.32. The number of hydrogen-bond acceptors (Lipinski definition) is 2. The summed E-state index contributed by atoms with van der Waals surface area (Å²) in [7, 11) is 0. The third-order valence-electron chi connectivity index (χ3n) is 9.76. The fourth-order valence-corrected chi connectivity index (χ4v) is 7.34. The van der Waals surface area contributed by atoms with E-state index in [9.17, 15) is 0 Å². The fourth-order valence-electron chi connectivity index (χ4n) is 7.34. The van der Waals surface area contributed by atoms with Gasteiger partial charge in [-0.2, -0.15) is 0 Å². The summed E-state index contributed by atoms with van der Waals surface area (Å²) in [5.41, 5.74) is 15.4. The minimum atomic E-state index is 0.344. The van der Waals surface area contributed by atoms with E-state index in [-0.39, 0.29) is 0 Å². The lowest BCUT2D eigenvalue weighted by Gasteiger charge is -2.39. The maximum absolute atomic E-state index is 2.57. The Balaban J connectivity index is 1.60. The van der Waals surface area contributed by atoms with Gasteiger partial charge in [-0.1, -0.05) is 115 Å². The average Bonchev–Trinajstić information content (AvgIpc) is 3.05. The van der Waals surface area contributed by atoms with E-state index in [0.29, 0.717) is 11.8 Å². The largest absolute Gasteiger partial charge is 0.313 e. The average molecular weight is 601 g/mol. The third-order valence-corrected chi connectivity index (χ3v) is 9.76. The lowest BCUT2D eigenvalue weighted by molar-refractivity contribution is 0.647. The van der Waals surface area contributed by atoms with Crippen LogP contribution in [0.5, 0.6) is 0 Å². The van der Waals surface area contributed by atoms with Crippen LogP contribution in [0.4, 0.5) is 28.4 Å². The minimum Gasteiger partial charge on any atom is -0.313 e. The van der Waals surface area contributed by atoms with Crippen LogP contribution in [-0.2, 0) is 0 Å². The second-order valence-electron chi connectivity index (χ2n) is 13.5. The van der Waals surface area contributed by atoms with E-state index in [1.165, 1.54) is 78.3 Å². The van der Waals surface area contributed by atoms with Crippen LogP contribution in [0.15, 0.2) is 127 Å². The number of hydrogen-bond donors (Lipinski definition) is 0. The Morgan fingerprint density at radius 1 is 0.543 bits per heavy atom. The Kier molecular flexibility index (Phi) is 7.90. The van der Waals surface area contributed by atoms with Gasteiger partial charge in [-0.05, 0) is 94.5 Å². The van der Waals surface area contributed by atoms with E-state index in [0.717, 1.165) is 12.8 Å². The van der Waals surface area contributed by atoms with Crippen molar-refractivity contribution in [3.8, 4) is 0 Å². The van der Waals surface area contributed by atoms with Gasteiger partial charge in [0.1, 0.15) is 0 Å². The second-order valence-corrected chi connectivity index (χ2v) is 13.5. The molecule has 0 N–H and O–H groups in total. The van der Waals surface area contributed by atoms with Crippen LogP contribution in [0, 0.1) is 26.7 Å². The van der Waals surface area contributed by atoms with Crippen LogP contribution in [0.3, 0.4) is 0 Å². The molecule has 2 aliphatic rings. The van der Waals surface area contributed by atoms with Crippen LogP contribution < -0.4 is 9.80 Å². The molecular weight excluding hydrogens is 556 g/mol. The van der Waals surface area contributed by atoms with Crippen molar-refractivity contribution in [3.63, 3.8) is 0 Å². The zero-order chi connectivity index (χ0) is 31.9. The molecule has 5 aromatic carbocycles. The Labute approximate surface area is 275 Å². The van der Waals surface area contributed by atoms with Gasteiger partial charge in [-0.25, -0.2) is 0 Å². The quantitative estimate of drug-likeness (QED) is 0.179. The first-order valence-corrected chi connectivity index (χ1v) is 16.7. The summed E-state index contributed by atoms with van der Waals surface area (Å²) in [4.78, 5) is 5.08. The molecule has 2 aliphatic carbocycles. The molecule has 0 radical (unpaired) electrons. The summed E-state index contributed by atoms with van der Waals surface area (Å²) in [6.07, 6.45) is 11.5. The Bertz CT molecular complexity index is 1940. The molecule has 46 heavy (non-hydrogen) atoms. The summed E-state index contributed by atoms with van der Waals surface area (Å²) in [6.45, 7) is 13.5. The van der Waals surface area contributed by atoms with Crippen molar-refractivity contribution < 1.29 is 0 Å². The molecule has 7 rings (SSSR count). The van der Waals surface area contributed by atoms with Crippen LogP contribution in [0.1, 0.15) is 67.3 Å². The molecule has 230 valence electrons. The van der Waals surface area contributed by atoms with E-state index in [1.54, 1.807) is 0 Å². The molecule has 2 unspecified atom stereocenters. The van der Waals surface area contributed by atoms with Crippen molar-refractivity contribution >= 4 is 45.3 Å². The van der Waals surface area contributed by atoms with Crippen LogP contribution >= 0.6 is 0 Å². The van der Waals surface area contributed by atoms with Gasteiger partial charge in [-0.15, -0.1) is 0 Å². The predicted octanol–water partition coefficient (Wildman–Crippen LogP) is 12.8. The number of aryl methyl sites for hydroxylation is 3. The Morgan fingerprint density at radius 2 is 1.04 bits per heavy atom. The highest BCUT2D eigenvalue weighted by molar-refractivity contribution is 6.11. The molecule has 0 saturated carbocycles. The van der Waals surface area contributed by atoms with Crippen LogP contribution in [-0.4, -0.2) is 0 Å². The molecule has 0 spiro atoms. The predicted molar refractivity (Wildman–Crippen MR) is 199 cm³/mol. The van der Waals surface area contributed by atoms with Crippen molar-refractivity contribution in [2.24, 2.45) is 5.92 Å². The van der Waals surface area contributed by atoms with E-state index < -0.39 is 0 Å². The zero-order valence-corrected chi connectivity index (χ0v) is 28.0. The first kappa shape index (κ1) is 29.9. The molecule has 0 aliphatic heterocycles. The SMILES string of the molecule is CC1=CC=C(N(c2ccc(C)cc2)c2c3c(c(N(c4ccc(C)cc4)c4ccc(C)cc4)c4ccccc24)C(C)CC=C3)C(C)C1. The molecule has 0 heterocycles. The maximum atomic E-state index is 2.57. The summed E-state index contributed by atoms with van der Waals surface area (Å²) < 4.78 is 0. The van der Waals surface area contributed by atoms with E-state index in [2.05, 4.69) is 173 Å². The molecule has 2 nitrogen and oxygen atoms in total. The minimum absolute atomic E-state index is 0.344. The third kappa shape index (κ3) is 5.36.